The molecule has 2 aromatic carbocycles. The Morgan fingerprint density at radius 3 is 2.41 bits per heavy atom. The molecule has 1 saturated heterocycles. The van der Waals surface area contributed by atoms with Crippen LogP contribution in [-0.4, -0.2) is 68.8 Å². The van der Waals surface area contributed by atoms with Crippen molar-refractivity contribution in [3.63, 3.8) is 0 Å². The van der Waals surface area contributed by atoms with Gasteiger partial charge in [0.15, 0.2) is 0 Å². The molecule has 1 aliphatic heterocycles. The fourth-order valence-corrected chi connectivity index (χ4v) is 2.88. The number of ether oxygens (including phenoxy) is 3. The van der Waals surface area contributed by atoms with E-state index in [4.69, 9.17) is 14.2 Å². The summed E-state index contributed by atoms with van der Waals surface area (Å²) in [7, 11) is 0. The van der Waals surface area contributed by atoms with Crippen molar-refractivity contribution in [2.75, 3.05) is 6.61 Å². The highest BCUT2D eigenvalue weighted by atomic mass is 16.7. The molecule has 2 aromatic rings. The summed E-state index contributed by atoms with van der Waals surface area (Å²) in [5.74, 6) is -0.558. The Morgan fingerprint density at radius 2 is 1.72 bits per heavy atom. The normalized spacial score (nSPS) is 26.7. The summed E-state index contributed by atoms with van der Waals surface area (Å²) < 4.78 is 16.1. The van der Waals surface area contributed by atoms with Crippen molar-refractivity contribution in [3.05, 3.63) is 59.7 Å². The molecular weight excluding hydrogens is 384 g/mol. The van der Waals surface area contributed by atoms with Crippen molar-refractivity contribution in [2.45, 2.75) is 37.3 Å². The van der Waals surface area contributed by atoms with Crippen molar-refractivity contribution in [2.24, 2.45) is 0 Å². The van der Waals surface area contributed by atoms with Crippen LogP contribution < -0.4 is 4.74 Å². The second-order valence-electron chi connectivity index (χ2n) is 6.55. The van der Waals surface area contributed by atoms with Gasteiger partial charge in [0.1, 0.15) is 42.5 Å². The number of carbonyl (C=O) groups excluding carboxylic acids is 1. The van der Waals surface area contributed by atoms with Gasteiger partial charge in [0.05, 0.1) is 12.2 Å². The first kappa shape index (κ1) is 21.0. The number of benzene rings is 2. The van der Waals surface area contributed by atoms with Gasteiger partial charge in [-0.2, -0.15) is 0 Å². The van der Waals surface area contributed by atoms with Crippen molar-refractivity contribution < 1.29 is 44.5 Å². The second-order valence-corrected chi connectivity index (χ2v) is 6.55. The van der Waals surface area contributed by atoms with Gasteiger partial charge in [-0.1, -0.05) is 18.2 Å². The molecule has 0 unspecified atom stereocenters. The van der Waals surface area contributed by atoms with Crippen LogP contribution in [0.1, 0.15) is 15.9 Å². The predicted molar refractivity (Wildman–Crippen MR) is 98.1 cm³/mol. The molecule has 3 rings (SSSR count). The molecule has 29 heavy (non-hydrogen) atoms. The van der Waals surface area contributed by atoms with Gasteiger partial charge >= 0.3 is 5.97 Å². The van der Waals surface area contributed by atoms with E-state index in [9.17, 15) is 30.3 Å². The lowest BCUT2D eigenvalue weighted by molar-refractivity contribution is -0.277. The van der Waals surface area contributed by atoms with Gasteiger partial charge in [-0.3, -0.25) is 0 Å². The molecule has 0 bridgehead atoms. The smallest absolute Gasteiger partial charge is 0.338 e. The van der Waals surface area contributed by atoms with Crippen LogP contribution in [0.15, 0.2) is 48.5 Å². The lowest BCUT2D eigenvalue weighted by Gasteiger charge is -2.39. The van der Waals surface area contributed by atoms with Crippen LogP contribution in [0.4, 0.5) is 0 Å². The fraction of sp³-hybridized carbons (Fsp3) is 0.350. The van der Waals surface area contributed by atoms with Crippen LogP contribution in [0.2, 0.25) is 0 Å². The molecule has 0 amide bonds. The Kier molecular flexibility index (Phi) is 6.68. The monoisotopic (exact) mass is 406 g/mol. The van der Waals surface area contributed by atoms with E-state index >= 15 is 0 Å². The second kappa shape index (κ2) is 9.21. The van der Waals surface area contributed by atoms with E-state index in [-0.39, 0.29) is 23.7 Å². The van der Waals surface area contributed by atoms with E-state index in [0.29, 0.717) is 5.56 Å². The highest BCUT2D eigenvalue weighted by molar-refractivity contribution is 5.89. The summed E-state index contributed by atoms with van der Waals surface area (Å²) in [6, 6.07) is 12.4. The molecular formula is C20H22O9. The number of aromatic hydroxyl groups is 1. The average Bonchev–Trinajstić information content (AvgIpc) is 2.74. The predicted octanol–water partition coefficient (Wildman–Crippen LogP) is -0.0721. The molecule has 9 heteroatoms. The van der Waals surface area contributed by atoms with Crippen LogP contribution in [0.3, 0.4) is 0 Å². The van der Waals surface area contributed by atoms with Crippen molar-refractivity contribution >= 4 is 5.97 Å². The Bertz CT molecular complexity index is 824. The number of hydrogen-bond acceptors (Lipinski definition) is 9. The van der Waals surface area contributed by atoms with Crippen LogP contribution in [0.25, 0.3) is 0 Å². The Morgan fingerprint density at radius 1 is 1.00 bits per heavy atom. The van der Waals surface area contributed by atoms with E-state index in [2.05, 4.69) is 0 Å². The summed E-state index contributed by atoms with van der Waals surface area (Å²) >= 11 is 0. The fourth-order valence-electron chi connectivity index (χ4n) is 2.88. The maximum atomic E-state index is 12.1. The maximum Gasteiger partial charge on any atom is 0.338 e. The summed E-state index contributed by atoms with van der Waals surface area (Å²) in [4.78, 5) is 12.1. The first-order valence-corrected chi connectivity index (χ1v) is 8.92. The number of aliphatic hydroxyl groups excluding tert-OH is 4. The highest BCUT2D eigenvalue weighted by Gasteiger charge is 2.44. The van der Waals surface area contributed by atoms with Crippen molar-refractivity contribution in [1.82, 2.24) is 0 Å². The molecule has 0 spiro atoms. The van der Waals surface area contributed by atoms with E-state index in [1.165, 1.54) is 18.2 Å². The van der Waals surface area contributed by atoms with Gasteiger partial charge in [-0.05, 0) is 30.3 Å². The average molecular weight is 406 g/mol. The Balaban J connectivity index is 1.74. The molecule has 1 aliphatic rings. The number of esters is 1. The quantitative estimate of drug-likeness (QED) is 0.416. The van der Waals surface area contributed by atoms with Gasteiger partial charge in [-0.15, -0.1) is 0 Å². The number of aliphatic hydroxyl groups is 4. The van der Waals surface area contributed by atoms with Crippen LogP contribution in [0, 0.1) is 0 Å². The molecule has 156 valence electrons. The maximum absolute atomic E-state index is 12.1. The summed E-state index contributed by atoms with van der Waals surface area (Å²) in [6.07, 6.45) is -7.24. The van der Waals surface area contributed by atoms with E-state index in [1.807, 2.05) is 0 Å². The van der Waals surface area contributed by atoms with E-state index in [0.717, 1.165) is 0 Å². The Hall–Kier alpha value is -2.69. The molecule has 1 heterocycles. The third-order valence-corrected chi connectivity index (χ3v) is 4.50. The zero-order valence-corrected chi connectivity index (χ0v) is 15.3. The number of phenols is 1. The SMILES string of the molecule is O=C(OCc1cc(O)ccc1O[C@@H]1O[C@H](CO)[C@@H](O)[C@H](O)[C@H]1O)c1ccccc1. The van der Waals surface area contributed by atoms with Gasteiger partial charge in [-0.25, -0.2) is 4.79 Å². The molecule has 0 saturated carbocycles. The van der Waals surface area contributed by atoms with Gasteiger partial charge in [0.25, 0.3) is 0 Å². The number of carbonyl (C=O) groups is 1. The molecule has 1 fully saturated rings. The van der Waals surface area contributed by atoms with Crippen LogP contribution >= 0.6 is 0 Å². The third-order valence-electron chi connectivity index (χ3n) is 4.50. The largest absolute Gasteiger partial charge is 0.508 e. The van der Waals surface area contributed by atoms with Gasteiger partial charge < -0.3 is 39.7 Å². The molecule has 0 radical (unpaired) electrons. The summed E-state index contributed by atoms with van der Waals surface area (Å²) in [5.41, 5.74) is 0.635. The van der Waals surface area contributed by atoms with Crippen LogP contribution in [-0.2, 0) is 16.1 Å². The zero-order valence-electron chi connectivity index (χ0n) is 15.3. The van der Waals surface area contributed by atoms with Crippen molar-refractivity contribution in [1.29, 1.82) is 0 Å². The van der Waals surface area contributed by atoms with E-state index < -0.39 is 43.3 Å². The minimum absolute atomic E-state index is 0.100. The number of rotatable bonds is 6. The minimum Gasteiger partial charge on any atom is -0.508 e. The topological polar surface area (TPSA) is 146 Å². The first-order valence-electron chi connectivity index (χ1n) is 8.92. The molecule has 0 aromatic heterocycles. The van der Waals surface area contributed by atoms with Crippen LogP contribution in [0.5, 0.6) is 11.5 Å². The summed E-state index contributed by atoms with van der Waals surface area (Å²) in [5, 5.41) is 48.9. The first-order chi connectivity index (χ1) is 13.9. The minimum atomic E-state index is -1.60. The highest BCUT2D eigenvalue weighted by Crippen LogP contribution is 2.29. The standard InChI is InChI=1S/C20H22O9/c21-9-15-16(23)17(24)18(25)20(29-15)28-14-7-6-13(22)8-12(14)10-27-19(26)11-4-2-1-3-5-11/h1-8,15-18,20-25H,9-10H2/t15-,16-,17+,18-,20-/m1/s1. The zero-order chi connectivity index (χ0) is 21.0. The molecule has 5 atom stereocenters. The molecule has 9 nitrogen and oxygen atoms in total. The lowest BCUT2D eigenvalue weighted by Crippen LogP contribution is -2.60. The number of phenolic OH excluding ortho intramolecular Hbond substituents is 1. The lowest BCUT2D eigenvalue weighted by atomic mass is 9.99. The molecule has 5 N–H and O–H groups in total. The van der Waals surface area contributed by atoms with Gasteiger partial charge in [0, 0.05) is 5.56 Å². The van der Waals surface area contributed by atoms with Gasteiger partial charge in [0.2, 0.25) is 6.29 Å². The molecule has 0 aliphatic carbocycles. The van der Waals surface area contributed by atoms with E-state index in [1.54, 1.807) is 30.3 Å². The van der Waals surface area contributed by atoms with Crippen molar-refractivity contribution in [3.8, 4) is 11.5 Å². The number of hydrogen-bond donors (Lipinski definition) is 5. The Labute approximate surface area is 166 Å². The summed E-state index contributed by atoms with van der Waals surface area (Å²) in [6.45, 7) is -0.836. The third kappa shape index (κ3) is 4.84.